The number of hydrogen-bond acceptors (Lipinski definition) is 1. The minimum Gasteiger partial charge on any atom is -0.339 e. The van der Waals surface area contributed by atoms with Crippen LogP contribution in [0.15, 0.2) is 24.3 Å². The second-order valence-electron chi connectivity index (χ2n) is 5.48. The first-order valence-electron chi connectivity index (χ1n) is 5.88. The second-order valence-corrected chi connectivity index (χ2v) is 5.48. The number of likely N-dealkylation sites (tertiary alicyclic amines) is 1. The monoisotopic (exact) mass is 217 g/mol. The Morgan fingerprint density at radius 3 is 2.44 bits per heavy atom. The van der Waals surface area contributed by atoms with E-state index in [2.05, 4.69) is 26.8 Å². The molecule has 86 valence electrons. The lowest BCUT2D eigenvalue weighted by molar-refractivity contribution is 0.0651. The van der Waals surface area contributed by atoms with Gasteiger partial charge in [0.15, 0.2) is 0 Å². The van der Waals surface area contributed by atoms with Crippen LogP contribution in [0.5, 0.6) is 0 Å². The van der Waals surface area contributed by atoms with Gasteiger partial charge in [0.25, 0.3) is 5.91 Å². The van der Waals surface area contributed by atoms with E-state index in [0.29, 0.717) is 0 Å². The second kappa shape index (κ2) is 3.93. The Labute approximate surface area is 97.3 Å². The van der Waals surface area contributed by atoms with Gasteiger partial charge in [-0.05, 0) is 29.5 Å². The minimum atomic E-state index is 0.102. The maximum absolute atomic E-state index is 12.0. The number of carbonyl (C=O) groups excluding carboxylic acids is 1. The largest absolute Gasteiger partial charge is 0.339 e. The fourth-order valence-corrected chi connectivity index (χ4v) is 1.82. The van der Waals surface area contributed by atoms with Gasteiger partial charge in [-0.2, -0.15) is 0 Å². The van der Waals surface area contributed by atoms with Crippen LogP contribution in [0.3, 0.4) is 0 Å². The van der Waals surface area contributed by atoms with Crippen molar-refractivity contribution in [3.05, 3.63) is 35.4 Å². The summed E-state index contributed by atoms with van der Waals surface area (Å²) in [5.74, 6) is 0.178. The van der Waals surface area contributed by atoms with Gasteiger partial charge in [-0.3, -0.25) is 4.79 Å². The van der Waals surface area contributed by atoms with E-state index in [-0.39, 0.29) is 11.3 Å². The van der Waals surface area contributed by atoms with Gasteiger partial charge in [0.1, 0.15) is 0 Å². The quantitative estimate of drug-likeness (QED) is 0.708. The Hall–Kier alpha value is -1.31. The molecule has 0 atom stereocenters. The Balaban J connectivity index is 2.25. The average molecular weight is 217 g/mol. The van der Waals surface area contributed by atoms with Crippen LogP contribution in [-0.4, -0.2) is 23.9 Å². The molecule has 1 heterocycles. The van der Waals surface area contributed by atoms with Crippen molar-refractivity contribution in [3.63, 3.8) is 0 Å². The molecule has 16 heavy (non-hydrogen) atoms. The number of nitrogens with zero attached hydrogens (tertiary/aromatic N) is 1. The van der Waals surface area contributed by atoms with E-state index in [1.807, 2.05) is 23.1 Å². The maximum Gasteiger partial charge on any atom is 0.253 e. The average Bonchev–Trinajstić information content (AvgIpc) is 2.14. The number of amides is 1. The molecule has 0 radical (unpaired) electrons. The highest BCUT2D eigenvalue weighted by Crippen LogP contribution is 2.23. The van der Waals surface area contributed by atoms with Crippen LogP contribution in [0.25, 0.3) is 0 Å². The Morgan fingerprint density at radius 1 is 1.25 bits per heavy atom. The molecular weight excluding hydrogens is 198 g/mol. The number of rotatable bonds is 1. The van der Waals surface area contributed by atoms with Gasteiger partial charge in [-0.15, -0.1) is 0 Å². The number of hydrogen-bond donors (Lipinski definition) is 0. The highest BCUT2D eigenvalue weighted by molar-refractivity contribution is 5.94. The highest BCUT2D eigenvalue weighted by Gasteiger charge is 2.22. The van der Waals surface area contributed by atoms with E-state index in [9.17, 15) is 4.79 Å². The fraction of sp³-hybridized carbons (Fsp3) is 0.500. The summed E-state index contributed by atoms with van der Waals surface area (Å²) in [6, 6.07) is 8.01. The third-order valence-corrected chi connectivity index (χ3v) is 3.12. The van der Waals surface area contributed by atoms with Crippen molar-refractivity contribution < 1.29 is 4.79 Å². The molecule has 1 aliphatic heterocycles. The molecule has 1 amide bonds. The van der Waals surface area contributed by atoms with Crippen LogP contribution in [0, 0.1) is 0 Å². The molecule has 1 saturated heterocycles. The lowest BCUT2D eigenvalue weighted by Gasteiger charge is -2.31. The van der Waals surface area contributed by atoms with Gasteiger partial charge < -0.3 is 4.90 Å². The normalized spacial score (nSPS) is 15.8. The summed E-state index contributed by atoms with van der Waals surface area (Å²) in [6.45, 7) is 8.33. The summed E-state index contributed by atoms with van der Waals surface area (Å²) < 4.78 is 0. The Bertz CT molecular complexity index is 399. The standard InChI is InChI=1S/C14H19NO/c1-14(2,3)12-7-4-6-11(10-12)13(16)15-8-5-9-15/h4,6-7,10H,5,8-9H2,1-3H3. The van der Waals surface area contributed by atoms with Crippen molar-refractivity contribution in [2.24, 2.45) is 0 Å². The summed E-state index contributed by atoms with van der Waals surface area (Å²) in [5, 5.41) is 0. The third kappa shape index (κ3) is 2.11. The molecule has 0 bridgehead atoms. The molecular formula is C14H19NO. The van der Waals surface area contributed by atoms with Crippen LogP contribution in [0.2, 0.25) is 0 Å². The predicted octanol–water partition coefficient (Wildman–Crippen LogP) is 2.83. The molecule has 0 aliphatic carbocycles. The van der Waals surface area contributed by atoms with Gasteiger partial charge in [-0.1, -0.05) is 32.9 Å². The fourth-order valence-electron chi connectivity index (χ4n) is 1.82. The van der Waals surface area contributed by atoms with Crippen molar-refractivity contribution >= 4 is 5.91 Å². The van der Waals surface area contributed by atoms with Gasteiger partial charge in [0, 0.05) is 18.7 Å². The SMILES string of the molecule is CC(C)(C)c1cccc(C(=O)N2CCC2)c1. The van der Waals surface area contributed by atoms with Crippen molar-refractivity contribution in [2.45, 2.75) is 32.6 Å². The van der Waals surface area contributed by atoms with E-state index in [4.69, 9.17) is 0 Å². The van der Waals surface area contributed by atoms with Gasteiger partial charge >= 0.3 is 0 Å². The van der Waals surface area contributed by atoms with Gasteiger partial charge in [0.05, 0.1) is 0 Å². The smallest absolute Gasteiger partial charge is 0.253 e. The van der Waals surface area contributed by atoms with Crippen LogP contribution >= 0.6 is 0 Å². The van der Waals surface area contributed by atoms with E-state index in [1.54, 1.807) is 0 Å². The Morgan fingerprint density at radius 2 is 1.94 bits per heavy atom. The maximum atomic E-state index is 12.0. The van der Waals surface area contributed by atoms with E-state index in [0.717, 1.165) is 25.1 Å². The lowest BCUT2D eigenvalue weighted by atomic mass is 9.86. The van der Waals surface area contributed by atoms with E-state index < -0.39 is 0 Å². The number of benzene rings is 1. The molecule has 2 heteroatoms. The van der Waals surface area contributed by atoms with Gasteiger partial charge in [-0.25, -0.2) is 0 Å². The topological polar surface area (TPSA) is 20.3 Å². The van der Waals surface area contributed by atoms with Crippen LogP contribution in [0.1, 0.15) is 43.1 Å². The van der Waals surface area contributed by atoms with E-state index >= 15 is 0 Å². The summed E-state index contributed by atoms with van der Waals surface area (Å²) >= 11 is 0. The zero-order chi connectivity index (χ0) is 11.8. The summed E-state index contributed by atoms with van der Waals surface area (Å²) in [4.78, 5) is 13.9. The van der Waals surface area contributed by atoms with E-state index in [1.165, 1.54) is 5.56 Å². The zero-order valence-electron chi connectivity index (χ0n) is 10.3. The summed E-state index contributed by atoms with van der Waals surface area (Å²) in [5.41, 5.74) is 2.15. The molecule has 2 nitrogen and oxygen atoms in total. The van der Waals surface area contributed by atoms with Crippen LogP contribution in [0.4, 0.5) is 0 Å². The predicted molar refractivity (Wildman–Crippen MR) is 65.7 cm³/mol. The molecule has 1 aliphatic rings. The molecule has 0 unspecified atom stereocenters. The first kappa shape index (κ1) is 11.2. The summed E-state index contributed by atoms with van der Waals surface area (Å²) in [6.07, 6.45) is 1.14. The molecule has 0 saturated carbocycles. The molecule has 1 fully saturated rings. The first-order valence-corrected chi connectivity index (χ1v) is 5.88. The first-order chi connectivity index (χ1) is 7.48. The summed E-state index contributed by atoms with van der Waals surface area (Å²) in [7, 11) is 0. The molecule has 1 aromatic rings. The molecule has 1 aromatic carbocycles. The lowest BCUT2D eigenvalue weighted by Crippen LogP contribution is -2.42. The van der Waals surface area contributed by atoms with Crippen molar-refractivity contribution in [1.29, 1.82) is 0 Å². The van der Waals surface area contributed by atoms with Crippen LogP contribution < -0.4 is 0 Å². The minimum absolute atomic E-state index is 0.102. The molecule has 2 rings (SSSR count). The Kier molecular flexibility index (Phi) is 2.75. The molecule has 0 N–H and O–H groups in total. The number of carbonyl (C=O) groups is 1. The highest BCUT2D eigenvalue weighted by atomic mass is 16.2. The van der Waals surface area contributed by atoms with Crippen LogP contribution in [-0.2, 0) is 5.41 Å². The molecule has 0 spiro atoms. The third-order valence-electron chi connectivity index (χ3n) is 3.12. The van der Waals surface area contributed by atoms with Crippen molar-refractivity contribution in [2.75, 3.05) is 13.1 Å². The van der Waals surface area contributed by atoms with Crippen molar-refractivity contribution in [3.8, 4) is 0 Å². The van der Waals surface area contributed by atoms with Crippen molar-refractivity contribution in [1.82, 2.24) is 4.90 Å². The van der Waals surface area contributed by atoms with Gasteiger partial charge in [0.2, 0.25) is 0 Å². The zero-order valence-corrected chi connectivity index (χ0v) is 10.3. The molecule has 0 aromatic heterocycles.